The number of nitrogens with one attached hydrogen (secondary N) is 1. The molecule has 2 heterocycles. The van der Waals surface area contributed by atoms with Crippen molar-refractivity contribution in [2.75, 3.05) is 6.61 Å². The van der Waals surface area contributed by atoms with Crippen LogP contribution >= 0.6 is 0 Å². The van der Waals surface area contributed by atoms with Crippen molar-refractivity contribution in [3.63, 3.8) is 0 Å². The molecule has 152 valence electrons. The van der Waals surface area contributed by atoms with Gasteiger partial charge in [-0.2, -0.15) is 5.10 Å². The molecule has 0 aliphatic heterocycles. The number of carboxylic acid groups (broad SMARTS) is 1. The second-order valence-electron chi connectivity index (χ2n) is 6.78. The molecule has 0 fully saturated rings. The Balaban J connectivity index is 1.89. The summed E-state index contributed by atoms with van der Waals surface area (Å²) in [5.74, 6) is -2.05. The van der Waals surface area contributed by atoms with Gasteiger partial charge in [-0.1, -0.05) is 18.2 Å². The number of carbonyl (C=O) groups is 2. The summed E-state index contributed by atoms with van der Waals surface area (Å²) in [4.78, 5) is 24.1. The number of aromatic nitrogens is 2. The number of fused-ring (bicyclic) bond motifs is 1. The van der Waals surface area contributed by atoms with E-state index in [-0.39, 0.29) is 18.0 Å². The van der Waals surface area contributed by atoms with Gasteiger partial charge in [-0.15, -0.1) is 0 Å². The summed E-state index contributed by atoms with van der Waals surface area (Å²) in [6.45, 7) is 2.04. The highest BCUT2D eigenvalue weighted by atomic mass is 19.1. The molecule has 1 amide bonds. The zero-order chi connectivity index (χ0) is 21.2. The highest BCUT2D eigenvalue weighted by Crippen LogP contribution is 2.22. The molecule has 0 aliphatic rings. The average molecular weight is 401 g/mol. The van der Waals surface area contributed by atoms with E-state index in [0.29, 0.717) is 22.5 Å². The molecule has 3 rings (SSSR count). The Morgan fingerprint density at radius 2 is 2.03 bits per heavy atom. The van der Waals surface area contributed by atoms with Crippen LogP contribution in [0.15, 0.2) is 42.6 Å². The number of aliphatic hydroxyl groups is 1. The second-order valence-corrected chi connectivity index (χ2v) is 6.78. The monoisotopic (exact) mass is 401 g/mol. The largest absolute Gasteiger partial charge is 0.489 e. The Labute approximate surface area is 165 Å². The van der Waals surface area contributed by atoms with E-state index >= 15 is 0 Å². The molecule has 9 heteroatoms. The Hall–Kier alpha value is -3.46. The third-order valence-corrected chi connectivity index (χ3v) is 4.54. The predicted molar refractivity (Wildman–Crippen MR) is 101 cm³/mol. The maximum absolute atomic E-state index is 13.8. The first-order valence-corrected chi connectivity index (χ1v) is 8.77. The number of amides is 1. The molecule has 3 aromatic rings. The van der Waals surface area contributed by atoms with Crippen molar-refractivity contribution >= 4 is 17.4 Å². The number of pyridine rings is 1. The quantitative estimate of drug-likeness (QED) is 0.558. The van der Waals surface area contributed by atoms with Gasteiger partial charge in [0, 0.05) is 17.8 Å². The molecule has 0 radical (unpaired) electrons. The van der Waals surface area contributed by atoms with Crippen molar-refractivity contribution in [2.45, 2.75) is 26.0 Å². The Morgan fingerprint density at radius 3 is 2.69 bits per heavy atom. The number of aliphatic hydroxyl groups excluding tert-OH is 1. The van der Waals surface area contributed by atoms with Crippen LogP contribution in [0.25, 0.3) is 5.52 Å². The van der Waals surface area contributed by atoms with E-state index in [1.807, 2.05) is 0 Å². The van der Waals surface area contributed by atoms with Gasteiger partial charge < -0.3 is 20.3 Å². The van der Waals surface area contributed by atoms with Crippen LogP contribution in [-0.2, 0) is 11.4 Å². The number of benzene rings is 1. The third kappa shape index (κ3) is 4.04. The number of hydrogen-bond acceptors (Lipinski definition) is 5. The molecule has 1 atom stereocenters. The van der Waals surface area contributed by atoms with E-state index in [9.17, 15) is 24.2 Å². The average Bonchev–Trinajstić information content (AvgIpc) is 3.02. The number of carbonyl (C=O) groups excluding carboxylic acids is 1. The van der Waals surface area contributed by atoms with Crippen LogP contribution in [0, 0.1) is 12.7 Å². The summed E-state index contributed by atoms with van der Waals surface area (Å²) in [5, 5.41) is 25.2. The number of rotatable bonds is 7. The molecular formula is C20H20FN3O5. The molecule has 2 aromatic heterocycles. The van der Waals surface area contributed by atoms with Crippen LogP contribution in [0.3, 0.4) is 0 Å². The molecule has 0 saturated heterocycles. The van der Waals surface area contributed by atoms with Crippen LogP contribution < -0.4 is 10.1 Å². The summed E-state index contributed by atoms with van der Waals surface area (Å²) >= 11 is 0. The number of halogens is 1. The molecule has 3 N–H and O–H groups in total. The lowest BCUT2D eigenvalue weighted by atomic mass is 10.0. The minimum absolute atomic E-state index is 0.000899. The van der Waals surface area contributed by atoms with E-state index in [1.165, 1.54) is 17.5 Å². The molecule has 0 bridgehead atoms. The lowest BCUT2D eigenvalue weighted by molar-refractivity contribution is -0.145. The summed E-state index contributed by atoms with van der Waals surface area (Å²) in [6.07, 6.45) is 1.58. The van der Waals surface area contributed by atoms with Gasteiger partial charge in [-0.25, -0.2) is 13.7 Å². The smallest absolute Gasteiger partial charge is 0.331 e. The fourth-order valence-corrected chi connectivity index (χ4v) is 2.76. The van der Waals surface area contributed by atoms with Crippen molar-refractivity contribution < 1.29 is 28.9 Å². The van der Waals surface area contributed by atoms with E-state index in [1.54, 1.807) is 43.5 Å². The highest BCUT2D eigenvalue weighted by Gasteiger charge is 2.35. The summed E-state index contributed by atoms with van der Waals surface area (Å²) in [6, 6.07) is 9.42. The maximum Gasteiger partial charge on any atom is 0.331 e. The lowest BCUT2D eigenvalue weighted by Gasteiger charge is -2.23. The van der Waals surface area contributed by atoms with Crippen LogP contribution in [0.5, 0.6) is 5.75 Å². The third-order valence-electron chi connectivity index (χ3n) is 4.54. The summed E-state index contributed by atoms with van der Waals surface area (Å²) < 4.78 is 20.9. The van der Waals surface area contributed by atoms with Crippen LogP contribution in [0.1, 0.15) is 28.5 Å². The van der Waals surface area contributed by atoms with Gasteiger partial charge in [0.2, 0.25) is 0 Å². The van der Waals surface area contributed by atoms with Gasteiger partial charge in [0.25, 0.3) is 5.91 Å². The number of carboxylic acids is 1. The molecule has 29 heavy (non-hydrogen) atoms. The van der Waals surface area contributed by atoms with Crippen molar-refractivity contribution in [3.8, 4) is 5.75 Å². The van der Waals surface area contributed by atoms with Gasteiger partial charge in [0.15, 0.2) is 5.54 Å². The predicted octanol–water partition coefficient (Wildman–Crippen LogP) is 1.93. The van der Waals surface area contributed by atoms with Crippen molar-refractivity contribution in [1.29, 1.82) is 0 Å². The Morgan fingerprint density at radius 1 is 1.31 bits per heavy atom. The molecule has 0 spiro atoms. The molecule has 1 aromatic carbocycles. The van der Waals surface area contributed by atoms with E-state index in [2.05, 4.69) is 10.4 Å². The number of nitrogens with zero attached hydrogens (tertiary/aromatic N) is 2. The van der Waals surface area contributed by atoms with Crippen LogP contribution in [-0.4, -0.2) is 43.8 Å². The Kier molecular flexibility index (Phi) is 5.51. The van der Waals surface area contributed by atoms with Gasteiger partial charge in [0.1, 0.15) is 18.2 Å². The normalized spacial score (nSPS) is 13.1. The van der Waals surface area contributed by atoms with Gasteiger partial charge in [-0.05, 0) is 26.0 Å². The molecule has 1 unspecified atom stereocenters. The molecule has 0 aliphatic carbocycles. The number of aryl methyl sites for hydroxylation is 1. The van der Waals surface area contributed by atoms with Crippen molar-refractivity contribution in [1.82, 2.24) is 14.9 Å². The van der Waals surface area contributed by atoms with E-state index in [4.69, 9.17) is 4.74 Å². The number of ether oxygens (including phenoxy) is 1. The minimum Gasteiger partial charge on any atom is -0.489 e. The first-order chi connectivity index (χ1) is 13.7. The zero-order valence-electron chi connectivity index (χ0n) is 15.8. The lowest BCUT2D eigenvalue weighted by Crippen LogP contribution is -2.55. The van der Waals surface area contributed by atoms with Crippen molar-refractivity contribution in [2.24, 2.45) is 0 Å². The molecule has 0 saturated carbocycles. The molecule has 8 nitrogen and oxygen atoms in total. The highest BCUT2D eigenvalue weighted by molar-refractivity contribution is 6.04. The standard InChI is InChI=1S/C20H20FN3O5/c1-12-17(18(26)22-20(2,11-25)19(27)28)16-9-14(7-8-24(16)23-12)29-10-13-5-3-4-6-15(13)21/h3-9,25H,10-11H2,1-2H3,(H,22,26)(H,27,28). The van der Waals surface area contributed by atoms with Crippen molar-refractivity contribution in [3.05, 3.63) is 65.2 Å². The number of aliphatic carboxylic acids is 1. The minimum atomic E-state index is -1.84. The van der Waals surface area contributed by atoms with E-state index < -0.39 is 24.0 Å². The SMILES string of the molecule is Cc1nn2ccc(OCc3ccccc3F)cc2c1C(=O)NC(C)(CO)C(=O)O. The van der Waals surface area contributed by atoms with Crippen LogP contribution in [0.2, 0.25) is 0 Å². The fraction of sp³-hybridized carbons (Fsp3) is 0.250. The zero-order valence-corrected chi connectivity index (χ0v) is 15.8. The number of hydrogen-bond donors (Lipinski definition) is 3. The summed E-state index contributed by atoms with van der Waals surface area (Å²) in [5.41, 5.74) is -0.537. The van der Waals surface area contributed by atoms with Gasteiger partial charge in [0.05, 0.1) is 23.4 Å². The van der Waals surface area contributed by atoms with Crippen LogP contribution in [0.4, 0.5) is 4.39 Å². The fourth-order valence-electron chi connectivity index (χ4n) is 2.76. The molecular weight excluding hydrogens is 381 g/mol. The van der Waals surface area contributed by atoms with Gasteiger partial charge in [-0.3, -0.25) is 4.79 Å². The van der Waals surface area contributed by atoms with Gasteiger partial charge >= 0.3 is 5.97 Å². The summed E-state index contributed by atoms with van der Waals surface area (Å²) in [7, 11) is 0. The Bertz CT molecular complexity index is 1080. The maximum atomic E-state index is 13.8. The first kappa shape index (κ1) is 20.3. The topological polar surface area (TPSA) is 113 Å². The second kappa shape index (κ2) is 7.88. The first-order valence-electron chi connectivity index (χ1n) is 8.77. The van der Waals surface area contributed by atoms with E-state index in [0.717, 1.165) is 0 Å².